The van der Waals surface area contributed by atoms with Gasteiger partial charge in [0.2, 0.25) is 0 Å². The molecule has 1 heterocycles. The Kier molecular flexibility index (Phi) is 5.79. The highest BCUT2D eigenvalue weighted by Gasteiger charge is 2.16. The van der Waals surface area contributed by atoms with Gasteiger partial charge >= 0.3 is 0 Å². The molecule has 3 nitrogen and oxygen atoms in total. The van der Waals surface area contributed by atoms with Gasteiger partial charge in [0.1, 0.15) is 0 Å². The SMILES string of the molecule is CC(C)(C#N)CCCNCCC1CCOC1. The van der Waals surface area contributed by atoms with Crippen LogP contribution in [0.4, 0.5) is 0 Å². The lowest BCUT2D eigenvalue weighted by atomic mass is 9.90. The Morgan fingerprint density at radius 1 is 1.44 bits per heavy atom. The lowest BCUT2D eigenvalue weighted by Gasteiger charge is -2.15. The minimum atomic E-state index is -0.166. The van der Waals surface area contributed by atoms with Crippen molar-refractivity contribution in [3.8, 4) is 6.07 Å². The fourth-order valence-corrected chi connectivity index (χ4v) is 1.95. The van der Waals surface area contributed by atoms with E-state index in [-0.39, 0.29) is 5.41 Å². The van der Waals surface area contributed by atoms with E-state index in [1.807, 2.05) is 13.8 Å². The lowest BCUT2D eigenvalue weighted by molar-refractivity contribution is 0.184. The number of nitrogens with one attached hydrogen (secondary N) is 1. The molecule has 1 saturated heterocycles. The zero-order valence-corrected chi connectivity index (χ0v) is 10.6. The van der Waals surface area contributed by atoms with Gasteiger partial charge in [0.25, 0.3) is 0 Å². The molecule has 0 amide bonds. The first-order valence-electron chi connectivity index (χ1n) is 6.34. The van der Waals surface area contributed by atoms with E-state index < -0.39 is 0 Å². The summed E-state index contributed by atoms with van der Waals surface area (Å²) in [6, 6.07) is 2.33. The van der Waals surface area contributed by atoms with Crippen LogP contribution in [0.2, 0.25) is 0 Å². The molecule has 0 aromatic rings. The Balaban J connectivity index is 1.90. The molecule has 0 aliphatic carbocycles. The van der Waals surface area contributed by atoms with Crippen LogP contribution in [0.5, 0.6) is 0 Å². The van der Waals surface area contributed by atoms with Crippen LogP contribution in [0.1, 0.15) is 39.5 Å². The summed E-state index contributed by atoms with van der Waals surface area (Å²) < 4.78 is 5.33. The summed E-state index contributed by atoms with van der Waals surface area (Å²) >= 11 is 0. The van der Waals surface area contributed by atoms with E-state index in [4.69, 9.17) is 10.00 Å². The molecule has 0 spiro atoms. The van der Waals surface area contributed by atoms with Crippen LogP contribution in [0.3, 0.4) is 0 Å². The van der Waals surface area contributed by atoms with Crippen molar-refractivity contribution in [3.05, 3.63) is 0 Å². The first kappa shape index (κ1) is 13.5. The van der Waals surface area contributed by atoms with Crippen molar-refractivity contribution >= 4 is 0 Å². The van der Waals surface area contributed by atoms with Crippen molar-refractivity contribution < 1.29 is 4.74 Å². The third-order valence-corrected chi connectivity index (χ3v) is 3.21. The summed E-state index contributed by atoms with van der Waals surface area (Å²) in [6.07, 6.45) is 4.51. The first-order chi connectivity index (χ1) is 7.64. The summed E-state index contributed by atoms with van der Waals surface area (Å²) in [4.78, 5) is 0. The maximum Gasteiger partial charge on any atom is 0.0683 e. The molecule has 1 unspecified atom stereocenters. The van der Waals surface area contributed by atoms with Gasteiger partial charge in [-0.05, 0) is 58.5 Å². The Morgan fingerprint density at radius 2 is 2.25 bits per heavy atom. The first-order valence-corrected chi connectivity index (χ1v) is 6.34. The van der Waals surface area contributed by atoms with Gasteiger partial charge in [0.05, 0.1) is 11.5 Å². The quantitative estimate of drug-likeness (QED) is 0.675. The predicted molar refractivity (Wildman–Crippen MR) is 65.0 cm³/mol. The van der Waals surface area contributed by atoms with Gasteiger partial charge in [-0.2, -0.15) is 5.26 Å². The van der Waals surface area contributed by atoms with E-state index in [1.165, 1.54) is 12.8 Å². The molecule has 1 aliphatic heterocycles. The highest BCUT2D eigenvalue weighted by molar-refractivity contribution is 4.91. The number of hydrogen-bond acceptors (Lipinski definition) is 3. The summed E-state index contributed by atoms with van der Waals surface area (Å²) in [6.45, 7) is 8.01. The van der Waals surface area contributed by atoms with Crippen molar-refractivity contribution in [1.82, 2.24) is 5.32 Å². The van der Waals surface area contributed by atoms with Gasteiger partial charge in [0, 0.05) is 13.2 Å². The Morgan fingerprint density at radius 3 is 2.88 bits per heavy atom. The Hall–Kier alpha value is -0.590. The lowest BCUT2D eigenvalue weighted by Crippen LogP contribution is -2.21. The molecule has 16 heavy (non-hydrogen) atoms. The fourth-order valence-electron chi connectivity index (χ4n) is 1.95. The molecular weight excluding hydrogens is 200 g/mol. The average Bonchev–Trinajstić information content (AvgIpc) is 2.76. The molecule has 0 aromatic carbocycles. The van der Waals surface area contributed by atoms with Crippen LogP contribution in [-0.4, -0.2) is 26.3 Å². The second-order valence-electron chi connectivity index (χ2n) is 5.37. The number of rotatable bonds is 7. The maximum absolute atomic E-state index is 8.86. The third-order valence-electron chi connectivity index (χ3n) is 3.21. The molecule has 92 valence electrons. The van der Waals surface area contributed by atoms with E-state index in [2.05, 4.69) is 11.4 Å². The van der Waals surface area contributed by atoms with Crippen LogP contribution < -0.4 is 5.32 Å². The topological polar surface area (TPSA) is 45.0 Å². The van der Waals surface area contributed by atoms with E-state index in [1.54, 1.807) is 0 Å². The number of hydrogen-bond donors (Lipinski definition) is 1. The minimum absolute atomic E-state index is 0.166. The molecule has 1 aliphatic rings. The molecule has 1 N–H and O–H groups in total. The highest BCUT2D eigenvalue weighted by atomic mass is 16.5. The van der Waals surface area contributed by atoms with Gasteiger partial charge in [0.15, 0.2) is 0 Å². The van der Waals surface area contributed by atoms with Crippen LogP contribution in [0.25, 0.3) is 0 Å². The van der Waals surface area contributed by atoms with Crippen molar-refractivity contribution in [2.45, 2.75) is 39.5 Å². The van der Waals surface area contributed by atoms with Gasteiger partial charge in [-0.15, -0.1) is 0 Å². The molecule has 3 heteroatoms. The number of ether oxygens (including phenoxy) is 1. The second-order valence-corrected chi connectivity index (χ2v) is 5.37. The summed E-state index contributed by atoms with van der Waals surface area (Å²) in [5.41, 5.74) is -0.166. The van der Waals surface area contributed by atoms with Crippen molar-refractivity contribution in [2.24, 2.45) is 11.3 Å². The Bertz CT molecular complexity index is 227. The standard InChI is InChI=1S/C13H24N2O/c1-13(2,11-14)6-3-7-15-8-4-12-5-9-16-10-12/h12,15H,3-10H2,1-2H3. The van der Waals surface area contributed by atoms with Crippen LogP contribution >= 0.6 is 0 Å². The Labute approximate surface area is 99.2 Å². The van der Waals surface area contributed by atoms with E-state index >= 15 is 0 Å². The second kappa shape index (κ2) is 6.88. The highest BCUT2D eigenvalue weighted by Crippen LogP contribution is 2.20. The van der Waals surface area contributed by atoms with E-state index in [0.29, 0.717) is 0 Å². The molecule has 1 fully saturated rings. The van der Waals surface area contributed by atoms with Gasteiger partial charge < -0.3 is 10.1 Å². The van der Waals surface area contributed by atoms with E-state index in [9.17, 15) is 0 Å². The van der Waals surface area contributed by atoms with E-state index in [0.717, 1.165) is 45.1 Å². The fraction of sp³-hybridized carbons (Fsp3) is 0.923. The molecule has 0 aromatic heterocycles. The van der Waals surface area contributed by atoms with Crippen molar-refractivity contribution in [3.63, 3.8) is 0 Å². The third kappa shape index (κ3) is 5.48. The number of nitrogens with zero attached hydrogens (tertiary/aromatic N) is 1. The maximum atomic E-state index is 8.86. The zero-order valence-electron chi connectivity index (χ0n) is 10.6. The van der Waals surface area contributed by atoms with Crippen LogP contribution in [0.15, 0.2) is 0 Å². The van der Waals surface area contributed by atoms with Gasteiger partial charge in [-0.3, -0.25) is 0 Å². The van der Waals surface area contributed by atoms with Crippen LogP contribution in [0, 0.1) is 22.7 Å². The largest absolute Gasteiger partial charge is 0.381 e. The zero-order chi connectivity index (χ0) is 11.9. The van der Waals surface area contributed by atoms with Gasteiger partial charge in [-0.1, -0.05) is 0 Å². The summed E-state index contributed by atoms with van der Waals surface area (Å²) in [7, 11) is 0. The minimum Gasteiger partial charge on any atom is -0.381 e. The smallest absolute Gasteiger partial charge is 0.0683 e. The average molecular weight is 224 g/mol. The molecular formula is C13H24N2O. The predicted octanol–water partition coefficient (Wildman–Crippen LogP) is 2.33. The monoisotopic (exact) mass is 224 g/mol. The van der Waals surface area contributed by atoms with Crippen LogP contribution in [-0.2, 0) is 4.74 Å². The van der Waals surface area contributed by atoms with Crippen molar-refractivity contribution in [2.75, 3.05) is 26.3 Å². The molecule has 1 rings (SSSR count). The van der Waals surface area contributed by atoms with Gasteiger partial charge in [-0.25, -0.2) is 0 Å². The molecule has 0 saturated carbocycles. The normalized spacial score (nSPS) is 20.9. The number of nitriles is 1. The summed E-state index contributed by atoms with van der Waals surface area (Å²) in [5, 5.41) is 12.3. The molecule has 0 bridgehead atoms. The molecule has 1 atom stereocenters. The summed E-state index contributed by atoms with van der Waals surface area (Å²) in [5.74, 6) is 0.767. The van der Waals surface area contributed by atoms with Crippen molar-refractivity contribution in [1.29, 1.82) is 5.26 Å². The molecule has 0 radical (unpaired) electrons.